The van der Waals surface area contributed by atoms with Crippen LogP contribution < -0.4 is 10.1 Å². The number of aliphatic hydroxyl groups is 1. The summed E-state index contributed by atoms with van der Waals surface area (Å²) in [4.78, 5) is 0. The van der Waals surface area contributed by atoms with Gasteiger partial charge in [0.25, 0.3) is 0 Å². The van der Waals surface area contributed by atoms with Gasteiger partial charge in [-0.15, -0.1) is 0 Å². The molecule has 112 valence electrons. The lowest BCUT2D eigenvalue weighted by atomic mass is 10.0. The van der Waals surface area contributed by atoms with E-state index in [1.165, 1.54) is 6.07 Å². The molecule has 0 amide bonds. The molecule has 20 heavy (non-hydrogen) atoms. The summed E-state index contributed by atoms with van der Waals surface area (Å²) in [5.41, 5.74) is 0.00526. The van der Waals surface area contributed by atoms with Gasteiger partial charge in [0.2, 0.25) is 0 Å². The molecule has 1 fully saturated rings. The van der Waals surface area contributed by atoms with Gasteiger partial charge in [0.1, 0.15) is 6.61 Å². The zero-order chi connectivity index (χ0) is 14.6. The van der Waals surface area contributed by atoms with Crippen LogP contribution in [0.1, 0.15) is 45.1 Å². The van der Waals surface area contributed by atoms with Gasteiger partial charge in [-0.05, 0) is 18.9 Å². The van der Waals surface area contributed by atoms with Gasteiger partial charge in [0.15, 0.2) is 11.6 Å². The predicted molar refractivity (Wildman–Crippen MR) is 77.3 cm³/mol. The van der Waals surface area contributed by atoms with E-state index < -0.39 is 5.60 Å². The first kappa shape index (κ1) is 15.3. The largest absolute Gasteiger partial charge is 0.487 e. The minimum Gasteiger partial charge on any atom is -0.487 e. The van der Waals surface area contributed by atoms with Crippen LogP contribution in [0.4, 0.5) is 4.39 Å². The van der Waals surface area contributed by atoms with Crippen LogP contribution in [0, 0.1) is 5.82 Å². The van der Waals surface area contributed by atoms with Crippen molar-refractivity contribution < 1.29 is 14.2 Å². The standard InChI is InChI=1S/C16H24FNO2/c1-12(2)18-10-13-6-5-7-14(17)15(13)20-11-16(19)8-3-4-9-16/h5-7,12,18-19H,3-4,8-11H2,1-2H3. The van der Waals surface area contributed by atoms with Crippen LogP contribution in [0.15, 0.2) is 18.2 Å². The maximum Gasteiger partial charge on any atom is 0.165 e. The highest BCUT2D eigenvalue weighted by atomic mass is 19.1. The Morgan fingerprint density at radius 3 is 2.70 bits per heavy atom. The van der Waals surface area contributed by atoms with E-state index in [1.54, 1.807) is 6.07 Å². The molecule has 0 unspecified atom stereocenters. The second kappa shape index (κ2) is 6.55. The first-order valence-corrected chi connectivity index (χ1v) is 7.36. The number of benzene rings is 1. The molecule has 0 bridgehead atoms. The van der Waals surface area contributed by atoms with Crippen molar-refractivity contribution in [2.24, 2.45) is 0 Å². The third-order valence-electron chi connectivity index (χ3n) is 3.77. The zero-order valence-corrected chi connectivity index (χ0v) is 12.3. The summed E-state index contributed by atoms with van der Waals surface area (Å²) >= 11 is 0. The molecule has 1 aliphatic carbocycles. The van der Waals surface area contributed by atoms with Crippen LogP contribution in [-0.2, 0) is 6.54 Å². The van der Waals surface area contributed by atoms with E-state index in [0.717, 1.165) is 31.2 Å². The highest BCUT2D eigenvalue weighted by Crippen LogP contribution is 2.31. The zero-order valence-electron chi connectivity index (χ0n) is 12.3. The van der Waals surface area contributed by atoms with Gasteiger partial charge in [-0.3, -0.25) is 0 Å². The van der Waals surface area contributed by atoms with Crippen molar-refractivity contribution in [3.63, 3.8) is 0 Å². The second-order valence-electron chi connectivity index (χ2n) is 5.98. The van der Waals surface area contributed by atoms with E-state index in [-0.39, 0.29) is 18.2 Å². The lowest BCUT2D eigenvalue weighted by molar-refractivity contribution is 0.00000327. The van der Waals surface area contributed by atoms with Crippen molar-refractivity contribution >= 4 is 0 Å². The lowest BCUT2D eigenvalue weighted by Crippen LogP contribution is -2.33. The van der Waals surface area contributed by atoms with Crippen molar-refractivity contribution in [3.8, 4) is 5.75 Å². The molecule has 4 heteroatoms. The second-order valence-corrected chi connectivity index (χ2v) is 5.98. The van der Waals surface area contributed by atoms with Crippen molar-refractivity contribution in [1.29, 1.82) is 0 Å². The molecular formula is C16H24FNO2. The Kier molecular flexibility index (Phi) is 5.00. The summed E-state index contributed by atoms with van der Waals surface area (Å²) in [5, 5.41) is 13.5. The number of ether oxygens (including phenoxy) is 1. The van der Waals surface area contributed by atoms with E-state index in [1.807, 2.05) is 19.9 Å². The molecule has 2 N–H and O–H groups in total. The molecule has 1 aromatic rings. The molecule has 1 aliphatic rings. The Balaban J connectivity index is 2.05. The third-order valence-corrected chi connectivity index (χ3v) is 3.77. The minimum atomic E-state index is -0.787. The first-order chi connectivity index (χ1) is 9.50. The van der Waals surface area contributed by atoms with Gasteiger partial charge in [-0.2, -0.15) is 0 Å². The summed E-state index contributed by atoms with van der Waals surface area (Å²) in [7, 11) is 0. The maximum absolute atomic E-state index is 13.9. The fraction of sp³-hybridized carbons (Fsp3) is 0.625. The van der Waals surface area contributed by atoms with Crippen LogP contribution in [0.2, 0.25) is 0 Å². The fourth-order valence-corrected chi connectivity index (χ4v) is 2.55. The van der Waals surface area contributed by atoms with Crippen LogP contribution in [0.25, 0.3) is 0 Å². The molecule has 0 saturated heterocycles. The topological polar surface area (TPSA) is 41.5 Å². The van der Waals surface area contributed by atoms with Gasteiger partial charge in [0, 0.05) is 18.2 Å². The number of nitrogens with one attached hydrogen (secondary N) is 1. The monoisotopic (exact) mass is 281 g/mol. The summed E-state index contributed by atoms with van der Waals surface area (Å²) in [6, 6.07) is 5.26. The SMILES string of the molecule is CC(C)NCc1cccc(F)c1OCC1(O)CCCC1. The number of hydrogen-bond donors (Lipinski definition) is 2. The van der Waals surface area contributed by atoms with Crippen LogP contribution in [0.5, 0.6) is 5.75 Å². The molecule has 1 aromatic carbocycles. The quantitative estimate of drug-likeness (QED) is 0.842. The van der Waals surface area contributed by atoms with E-state index in [0.29, 0.717) is 12.6 Å². The van der Waals surface area contributed by atoms with Gasteiger partial charge < -0.3 is 15.2 Å². The van der Waals surface area contributed by atoms with Crippen molar-refractivity contribution in [2.75, 3.05) is 6.61 Å². The Morgan fingerprint density at radius 2 is 2.05 bits per heavy atom. The molecule has 0 spiro atoms. The third kappa shape index (κ3) is 3.93. The van der Waals surface area contributed by atoms with E-state index in [9.17, 15) is 9.50 Å². The highest BCUT2D eigenvalue weighted by molar-refractivity contribution is 5.35. The average molecular weight is 281 g/mol. The lowest BCUT2D eigenvalue weighted by Gasteiger charge is -2.23. The first-order valence-electron chi connectivity index (χ1n) is 7.36. The van der Waals surface area contributed by atoms with Crippen LogP contribution in [0.3, 0.4) is 0 Å². The molecule has 0 aromatic heterocycles. The number of halogens is 1. The molecule has 3 nitrogen and oxygen atoms in total. The predicted octanol–water partition coefficient (Wildman–Crippen LogP) is 3.01. The summed E-state index contributed by atoms with van der Waals surface area (Å²) in [6.45, 7) is 4.81. The summed E-state index contributed by atoms with van der Waals surface area (Å²) in [6.07, 6.45) is 3.50. The van der Waals surface area contributed by atoms with E-state index >= 15 is 0 Å². The van der Waals surface area contributed by atoms with Crippen molar-refractivity contribution in [1.82, 2.24) is 5.32 Å². The molecule has 0 radical (unpaired) electrons. The van der Waals surface area contributed by atoms with Gasteiger partial charge >= 0.3 is 0 Å². The maximum atomic E-state index is 13.9. The molecule has 1 saturated carbocycles. The normalized spacial score (nSPS) is 17.6. The summed E-state index contributed by atoms with van der Waals surface area (Å²) in [5.74, 6) is -0.101. The number of hydrogen-bond acceptors (Lipinski definition) is 3. The summed E-state index contributed by atoms with van der Waals surface area (Å²) < 4.78 is 19.6. The van der Waals surface area contributed by atoms with Crippen LogP contribution >= 0.6 is 0 Å². The Hall–Kier alpha value is -1.13. The fourth-order valence-electron chi connectivity index (χ4n) is 2.55. The molecular weight excluding hydrogens is 257 g/mol. The van der Waals surface area contributed by atoms with Gasteiger partial charge in [-0.1, -0.05) is 38.8 Å². The van der Waals surface area contributed by atoms with Gasteiger partial charge in [0.05, 0.1) is 5.60 Å². The highest BCUT2D eigenvalue weighted by Gasteiger charge is 2.32. The number of para-hydroxylation sites is 1. The van der Waals surface area contributed by atoms with Crippen molar-refractivity contribution in [2.45, 2.75) is 57.7 Å². The van der Waals surface area contributed by atoms with Crippen molar-refractivity contribution in [3.05, 3.63) is 29.6 Å². The minimum absolute atomic E-state index is 0.169. The Bertz CT molecular complexity index is 442. The Labute approximate surface area is 120 Å². The molecule has 0 atom stereocenters. The smallest absolute Gasteiger partial charge is 0.165 e. The molecule has 2 rings (SSSR count). The van der Waals surface area contributed by atoms with Gasteiger partial charge in [-0.25, -0.2) is 4.39 Å². The molecule has 0 heterocycles. The Morgan fingerprint density at radius 1 is 1.35 bits per heavy atom. The van der Waals surface area contributed by atoms with E-state index in [2.05, 4.69) is 5.32 Å². The molecule has 0 aliphatic heterocycles. The van der Waals surface area contributed by atoms with E-state index in [4.69, 9.17) is 4.74 Å². The number of rotatable bonds is 6. The average Bonchev–Trinajstić information content (AvgIpc) is 2.82. The van der Waals surface area contributed by atoms with Crippen LogP contribution in [-0.4, -0.2) is 23.4 Å².